The first-order valence-electron chi connectivity index (χ1n) is 4.11. The van der Waals surface area contributed by atoms with E-state index in [1.807, 2.05) is 6.92 Å². The molecule has 0 spiro atoms. The zero-order valence-electron chi connectivity index (χ0n) is 7.94. The van der Waals surface area contributed by atoms with Gasteiger partial charge in [-0.05, 0) is 26.1 Å². The van der Waals surface area contributed by atoms with Crippen molar-refractivity contribution >= 4 is 14.1 Å². The SMILES string of the molecule is CCCC(=O)CO[Si](C)(C)C. The van der Waals surface area contributed by atoms with Crippen LogP contribution >= 0.6 is 0 Å². The van der Waals surface area contributed by atoms with Gasteiger partial charge >= 0.3 is 0 Å². The molecule has 3 heteroatoms. The summed E-state index contributed by atoms with van der Waals surface area (Å²) >= 11 is 0. The van der Waals surface area contributed by atoms with Gasteiger partial charge in [-0.25, -0.2) is 0 Å². The van der Waals surface area contributed by atoms with E-state index in [0.29, 0.717) is 13.0 Å². The van der Waals surface area contributed by atoms with Gasteiger partial charge in [0.15, 0.2) is 14.1 Å². The molecule has 0 aliphatic rings. The average Bonchev–Trinajstić information content (AvgIpc) is 1.83. The van der Waals surface area contributed by atoms with Gasteiger partial charge in [0.2, 0.25) is 0 Å². The van der Waals surface area contributed by atoms with Crippen LogP contribution in [0, 0.1) is 0 Å². The molecule has 0 aliphatic heterocycles. The highest BCUT2D eigenvalue weighted by atomic mass is 28.4. The van der Waals surface area contributed by atoms with Crippen molar-refractivity contribution in [2.24, 2.45) is 0 Å². The molecular formula is C8H18O2Si. The Morgan fingerprint density at radius 3 is 2.27 bits per heavy atom. The molecular weight excluding hydrogens is 156 g/mol. The molecule has 0 N–H and O–H groups in total. The van der Waals surface area contributed by atoms with Gasteiger partial charge in [0.25, 0.3) is 0 Å². The van der Waals surface area contributed by atoms with E-state index in [1.54, 1.807) is 0 Å². The van der Waals surface area contributed by atoms with Gasteiger partial charge in [0, 0.05) is 6.42 Å². The molecule has 0 saturated carbocycles. The van der Waals surface area contributed by atoms with E-state index >= 15 is 0 Å². The van der Waals surface area contributed by atoms with Crippen molar-refractivity contribution in [2.45, 2.75) is 39.4 Å². The Morgan fingerprint density at radius 1 is 1.36 bits per heavy atom. The van der Waals surface area contributed by atoms with Crippen LogP contribution in [0.3, 0.4) is 0 Å². The van der Waals surface area contributed by atoms with Gasteiger partial charge in [-0.15, -0.1) is 0 Å². The lowest BCUT2D eigenvalue weighted by Gasteiger charge is -2.15. The van der Waals surface area contributed by atoms with Gasteiger partial charge in [0.05, 0.1) is 6.61 Å². The number of rotatable bonds is 5. The van der Waals surface area contributed by atoms with Crippen molar-refractivity contribution in [3.8, 4) is 0 Å². The van der Waals surface area contributed by atoms with E-state index in [0.717, 1.165) is 6.42 Å². The molecule has 0 unspecified atom stereocenters. The van der Waals surface area contributed by atoms with Crippen molar-refractivity contribution < 1.29 is 9.22 Å². The van der Waals surface area contributed by atoms with Crippen molar-refractivity contribution in [3.63, 3.8) is 0 Å². The molecule has 0 bridgehead atoms. The minimum Gasteiger partial charge on any atom is -0.410 e. The summed E-state index contributed by atoms with van der Waals surface area (Å²) in [6.07, 6.45) is 1.58. The van der Waals surface area contributed by atoms with Crippen LogP contribution in [0.15, 0.2) is 0 Å². The van der Waals surface area contributed by atoms with Crippen LogP contribution < -0.4 is 0 Å². The summed E-state index contributed by atoms with van der Waals surface area (Å²) in [7, 11) is -1.47. The van der Waals surface area contributed by atoms with Crippen LogP contribution in [0.1, 0.15) is 19.8 Å². The summed E-state index contributed by atoms with van der Waals surface area (Å²) in [5.74, 6) is 0.231. The number of carbonyl (C=O) groups is 1. The van der Waals surface area contributed by atoms with Crippen LogP contribution in [0.2, 0.25) is 19.6 Å². The fourth-order valence-electron chi connectivity index (χ4n) is 0.648. The molecule has 0 radical (unpaired) electrons. The Hall–Kier alpha value is -0.153. The van der Waals surface area contributed by atoms with Crippen LogP contribution in [0.5, 0.6) is 0 Å². The Balaban J connectivity index is 3.46. The van der Waals surface area contributed by atoms with Gasteiger partial charge in [0.1, 0.15) is 0 Å². The van der Waals surface area contributed by atoms with E-state index in [2.05, 4.69) is 19.6 Å². The molecule has 0 fully saturated rings. The molecule has 0 atom stereocenters. The monoisotopic (exact) mass is 174 g/mol. The molecule has 0 aliphatic carbocycles. The van der Waals surface area contributed by atoms with Gasteiger partial charge in [-0.2, -0.15) is 0 Å². The quantitative estimate of drug-likeness (QED) is 0.597. The first-order chi connectivity index (χ1) is 4.95. The lowest BCUT2D eigenvalue weighted by molar-refractivity contribution is -0.121. The molecule has 0 aromatic heterocycles. The number of carbonyl (C=O) groups excluding carboxylic acids is 1. The normalized spacial score (nSPS) is 11.6. The zero-order chi connectivity index (χ0) is 8.91. The number of ketones is 1. The zero-order valence-corrected chi connectivity index (χ0v) is 8.94. The maximum Gasteiger partial charge on any atom is 0.184 e. The molecule has 0 rings (SSSR count). The fourth-order valence-corrected chi connectivity index (χ4v) is 1.24. The highest BCUT2D eigenvalue weighted by Gasteiger charge is 2.15. The van der Waals surface area contributed by atoms with E-state index in [-0.39, 0.29) is 5.78 Å². The van der Waals surface area contributed by atoms with Crippen LogP contribution in [0.4, 0.5) is 0 Å². The summed E-state index contributed by atoms with van der Waals surface area (Å²) in [5, 5.41) is 0. The second kappa shape index (κ2) is 4.67. The molecule has 11 heavy (non-hydrogen) atoms. The summed E-state index contributed by atoms with van der Waals surface area (Å²) in [5.41, 5.74) is 0. The Bertz CT molecular complexity index is 127. The van der Waals surface area contributed by atoms with Crippen LogP contribution in [-0.2, 0) is 9.22 Å². The molecule has 2 nitrogen and oxygen atoms in total. The molecule has 0 saturated heterocycles. The van der Waals surface area contributed by atoms with Gasteiger partial charge in [-0.1, -0.05) is 6.92 Å². The topological polar surface area (TPSA) is 26.3 Å². The molecule has 0 heterocycles. The summed E-state index contributed by atoms with van der Waals surface area (Å²) in [6.45, 7) is 8.60. The average molecular weight is 174 g/mol. The second-order valence-electron chi connectivity index (χ2n) is 3.69. The molecule has 0 aromatic carbocycles. The maximum atomic E-state index is 11.0. The van der Waals surface area contributed by atoms with Crippen molar-refractivity contribution in [1.29, 1.82) is 0 Å². The standard InChI is InChI=1S/C8H18O2Si/c1-5-6-8(9)7-10-11(2,3)4/h5-7H2,1-4H3. The Kier molecular flexibility index (Phi) is 4.60. The Morgan fingerprint density at radius 2 is 1.91 bits per heavy atom. The third-order valence-corrected chi connectivity index (χ3v) is 2.21. The number of Topliss-reactive ketones (excluding diaryl/α,β-unsaturated/α-hetero) is 1. The van der Waals surface area contributed by atoms with E-state index < -0.39 is 8.32 Å². The summed E-state index contributed by atoms with van der Waals surface area (Å²) in [6, 6.07) is 0. The second-order valence-corrected chi connectivity index (χ2v) is 8.20. The Labute approximate surface area is 70.1 Å². The lowest BCUT2D eigenvalue weighted by Crippen LogP contribution is -2.28. The van der Waals surface area contributed by atoms with Gasteiger partial charge < -0.3 is 4.43 Å². The molecule has 0 aromatic rings. The largest absolute Gasteiger partial charge is 0.410 e. The first kappa shape index (κ1) is 10.8. The minimum absolute atomic E-state index is 0.231. The number of hydrogen-bond donors (Lipinski definition) is 0. The third kappa shape index (κ3) is 7.75. The minimum atomic E-state index is -1.47. The predicted octanol–water partition coefficient (Wildman–Crippen LogP) is 2.21. The molecule has 0 amide bonds. The van der Waals surface area contributed by atoms with Gasteiger partial charge in [-0.3, -0.25) is 4.79 Å². The smallest absolute Gasteiger partial charge is 0.184 e. The summed E-state index contributed by atoms with van der Waals surface area (Å²) in [4.78, 5) is 11.0. The van der Waals surface area contributed by atoms with Crippen LogP contribution in [0.25, 0.3) is 0 Å². The number of hydrogen-bond acceptors (Lipinski definition) is 2. The van der Waals surface area contributed by atoms with E-state index in [9.17, 15) is 4.79 Å². The highest BCUT2D eigenvalue weighted by Crippen LogP contribution is 2.02. The fraction of sp³-hybridized carbons (Fsp3) is 0.875. The predicted molar refractivity (Wildman–Crippen MR) is 49.2 cm³/mol. The van der Waals surface area contributed by atoms with E-state index in [1.165, 1.54) is 0 Å². The van der Waals surface area contributed by atoms with Crippen molar-refractivity contribution in [1.82, 2.24) is 0 Å². The van der Waals surface area contributed by atoms with Crippen LogP contribution in [-0.4, -0.2) is 20.7 Å². The lowest BCUT2D eigenvalue weighted by atomic mass is 10.2. The first-order valence-corrected chi connectivity index (χ1v) is 7.52. The maximum absolute atomic E-state index is 11.0. The molecule has 66 valence electrons. The van der Waals surface area contributed by atoms with Crippen molar-refractivity contribution in [2.75, 3.05) is 6.61 Å². The summed E-state index contributed by atoms with van der Waals surface area (Å²) < 4.78 is 5.43. The van der Waals surface area contributed by atoms with E-state index in [4.69, 9.17) is 4.43 Å². The third-order valence-electron chi connectivity index (χ3n) is 1.20. The highest BCUT2D eigenvalue weighted by molar-refractivity contribution is 6.69. The van der Waals surface area contributed by atoms with Crippen molar-refractivity contribution in [3.05, 3.63) is 0 Å².